The number of nitrogens with zero attached hydrogens (tertiary/aromatic N) is 1. The van der Waals surface area contributed by atoms with E-state index in [-0.39, 0.29) is 51.1 Å². The van der Waals surface area contributed by atoms with Crippen LogP contribution in [0.15, 0.2) is 41.3 Å². The molecule has 55 heavy (non-hydrogen) atoms. The number of benzene rings is 2. The van der Waals surface area contributed by atoms with Crippen molar-refractivity contribution in [3.05, 3.63) is 52.8 Å². The Morgan fingerprint density at radius 3 is 2.27 bits per heavy atom. The van der Waals surface area contributed by atoms with Crippen molar-refractivity contribution in [2.45, 2.75) is 92.5 Å². The molecule has 6 N–H and O–H groups in total. The molecule has 2 aromatic carbocycles. The average molecular weight is 769 g/mol. The normalized spacial score (nSPS) is 31.4. The zero-order valence-corrected chi connectivity index (χ0v) is 32.7. The summed E-state index contributed by atoms with van der Waals surface area (Å²) in [7, 11) is 1.42. The van der Waals surface area contributed by atoms with Gasteiger partial charge in [0.25, 0.3) is 11.7 Å². The van der Waals surface area contributed by atoms with Gasteiger partial charge in [0.2, 0.25) is 0 Å². The van der Waals surface area contributed by atoms with Crippen LogP contribution in [0.25, 0.3) is 10.8 Å². The zero-order valence-electron chi connectivity index (χ0n) is 32.7. The van der Waals surface area contributed by atoms with E-state index < -0.39 is 88.8 Å². The van der Waals surface area contributed by atoms with Crippen LogP contribution in [0.2, 0.25) is 0 Å². The van der Waals surface area contributed by atoms with E-state index in [1.54, 1.807) is 46.8 Å². The first-order chi connectivity index (χ1) is 25.8. The van der Waals surface area contributed by atoms with Gasteiger partial charge in [-0.1, -0.05) is 51.1 Å². The lowest BCUT2D eigenvalue weighted by molar-refractivity contribution is -0.160. The summed E-state index contributed by atoms with van der Waals surface area (Å²) in [5.41, 5.74) is -0.610. The number of ketones is 1. The van der Waals surface area contributed by atoms with Crippen LogP contribution < -0.4 is 10.1 Å². The van der Waals surface area contributed by atoms with E-state index in [1.807, 2.05) is 0 Å². The summed E-state index contributed by atoms with van der Waals surface area (Å²) in [4.78, 5) is 45.1. The molecule has 0 radical (unpaired) electrons. The molecule has 0 saturated heterocycles. The number of phenolic OH excluding ortho intramolecular Hbond substituents is 3. The zero-order chi connectivity index (χ0) is 41.1. The summed E-state index contributed by atoms with van der Waals surface area (Å²) >= 11 is 0. The number of allylic oxidation sites excluding steroid dienone is 2. The van der Waals surface area contributed by atoms with Crippen LogP contribution in [-0.2, 0) is 28.6 Å². The molecule has 3 heterocycles. The van der Waals surface area contributed by atoms with Gasteiger partial charge in [0, 0.05) is 61.2 Å². The minimum absolute atomic E-state index is 0.0345. The van der Waals surface area contributed by atoms with Gasteiger partial charge in [-0.3, -0.25) is 14.4 Å². The Balaban J connectivity index is 1.97. The molecule has 0 spiro atoms. The van der Waals surface area contributed by atoms with E-state index in [1.165, 1.54) is 53.2 Å². The smallest absolute Gasteiger partial charge is 0.312 e. The quantitative estimate of drug-likeness (QED) is 0.0765. The fraction of sp³-hybridized carbons (Fsp3) is 0.500. The third-order valence-electron chi connectivity index (χ3n) is 10.4. The second-order valence-corrected chi connectivity index (χ2v) is 14.3. The standard InChI is InChI=1S/C40H52N2O13/c1-11-53-41-17-25-30-35(48)28-27(34(25)47)29-37(23(7)33(28)46)55-40(9,38(29)49)52-16-15-26(51-10)20(4)36(54-24(8)43)22(6)32(45)21(5)31(44)18(2)13-12-14-19(3)39(50)42-30/h12-18,20-22,26,31-32,36,44-48H,11H2,1-10H3,(H,42,50)/b13-12+,16-15+,19-14+,41-17+/t18-,20+,21+,22+,26-,31-,32+,36+,40-/m0/s1. The highest BCUT2D eigenvalue weighted by Gasteiger charge is 2.50. The molecule has 0 unspecified atom stereocenters. The number of hydrogen-bond acceptors (Lipinski definition) is 14. The maximum atomic E-state index is 14.2. The van der Waals surface area contributed by atoms with Gasteiger partial charge in [0.15, 0.2) is 5.75 Å². The number of phenols is 3. The number of methoxy groups -OCH3 is 1. The van der Waals surface area contributed by atoms with Crippen molar-refractivity contribution in [2.75, 3.05) is 19.0 Å². The van der Waals surface area contributed by atoms with E-state index in [2.05, 4.69) is 10.5 Å². The number of rotatable bonds is 5. The Morgan fingerprint density at radius 1 is 0.982 bits per heavy atom. The molecule has 3 aliphatic rings. The molecule has 9 atom stereocenters. The Labute approximate surface area is 319 Å². The minimum Gasteiger partial charge on any atom is -0.507 e. The molecule has 300 valence electrons. The van der Waals surface area contributed by atoms with Crippen LogP contribution >= 0.6 is 0 Å². The molecule has 1 amide bonds. The number of aromatic hydroxyl groups is 3. The molecule has 0 saturated carbocycles. The summed E-state index contributed by atoms with van der Waals surface area (Å²) in [6.07, 6.45) is 4.49. The molecular formula is C40H52N2O13. The molecule has 0 aromatic heterocycles. The largest absolute Gasteiger partial charge is 0.507 e. The van der Waals surface area contributed by atoms with Crippen molar-refractivity contribution in [2.24, 2.45) is 28.8 Å². The van der Waals surface area contributed by atoms with Gasteiger partial charge >= 0.3 is 11.8 Å². The monoisotopic (exact) mass is 768 g/mol. The molecule has 15 nitrogen and oxygen atoms in total. The molecule has 15 heteroatoms. The van der Waals surface area contributed by atoms with Gasteiger partial charge in [0.1, 0.15) is 30.0 Å². The van der Waals surface area contributed by atoms with Crippen LogP contribution in [0, 0.1) is 30.6 Å². The SMILES string of the molecule is CCO/N=C/c1c2c(O)c3c(O)c(C)c4c(c3c1O)C(=O)[C@@](C)(O/C=C/[C@H](OC)[C@@H](C)[C@@H](OC(C)=O)[C@H](C)[C@H](O)[C@H](C)[C@@H](O)[C@@H](C)/C=C/C=C(\C)C(=O)N2)O4. The summed E-state index contributed by atoms with van der Waals surface area (Å²) in [5, 5.41) is 63.3. The Morgan fingerprint density at radius 2 is 1.65 bits per heavy atom. The van der Waals surface area contributed by atoms with Crippen molar-refractivity contribution in [3.8, 4) is 23.0 Å². The topological polar surface area (TPSA) is 223 Å². The van der Waals surface area contributed by atoms with Crippen LogP contribution in [0.4, 0.5) is 5.69 Å². The molecule has 0 fully saturated rings. The lowest BCUT2D eigenvalue weighted by Gasteiger charge is -2.38. The fourth-order valence-electron chi connectivity index (χ4n) is 7.04. The number of anilines is 1. The highest BCUT2D eigenvalue weighted by molar-refractivity contribution is 6.23. The van der Waals surface area contributed by atoms with Crippen LogP contribution in [0.1, 0.15) is 76.9 Å². The van der Waals surface area contributed by atoms with Crippen molar-refractivity contribution in [3.63, 3.8) is 0 Å². The average Bonchev–Trinajstić information content (AvgIpc) is 3.41. The van der Waals surface area contributed by atoms with Crippen molar-refractivity contribution in [1.29, 1.82) is 0 Å². The Bertz CT molecular complexity index is 1940. The van der Waals surface area contributed by atoms with Gasteiger partial charge < -0.3 is 54.6 Å². The van der Waals surface area contributed by atoms with Crippen LogP contribution in [0.5, 0.6) is 23.0 Å². The summed E-state index contributed by atoms with van der Waals surface area (Å²) in [5.74, 6) is -8.61. The number of aliphatic hydroxyl groups is 2. The minimum atomic E-state index is -2.05. The van der Waals surface area contributed by atoms with E-state index in [0.717, 1.165) is 6.21 Å². The summed E-state index contributed by atoms with van der Waals surface area (Å²) < 4.78 is 23.4. The fourth-order valence-corrected chi connectivity index (χ4v) is 7.04. The van der Waals surface area contributed by atoms with E-state index >= 15 is 0 Å². The predicted molar refractivity (Wildman–Crippen MR) is 203 cm³/mol. The number of amides is 1. The Kier molecular flexibility index (Phi) is 13.3. The highest BCUT2D eigenvalue weighted by atomic mass is 16.7. The van der Waals surface area contributed by atoms with E-state index in [9.17, 15) is 39.9 Å². The van der Waals surface area contributed by atoms with E-state index in [0.29, 0.717) is 0 Å². The number of esters is 1. The molecule has 5 rings (SSSR count). The molecule has 0 aliphatic carbocycles. The van der Waals surface area contributed by atoms with Crippen molar-refractivity contribution in [1.82, 2.24) is 0 Å². The number of aliphatic hydroxyl groups excluding tert-OH is 2. The van der Waals surface area contributed by atoms with Gasteiger partial charge in [0.05, 0.1) is 53.0 Å². The summed E-state index contributed by atoms with van der Waals surface area (Å²) in [6.45, 7) is 14.2. The number of hydrogen-bond donors (Lipinski definition) is 6. The second-order valence-electron chi connectivity index (χ2n) is 14.3. The third-order valence-corrected chi connectivity index (χ3v) is 10.4. The lowest BCUT2D eigenvalue weighted by Crippen LogP contribution is -2.46. The van der Waals surface area contributed by atoms with Crippen molar-refractivity contribution < 1.29 is 63.7 Å². The van der Waals surface area contributed by atoms with Crippen LogP contribution in [-0.4, -0.2) is 93.3 Å². The van der Waals surface area contributed by atoms with Gasteiger partial charge in [-0.05, 0) is 26.8 Å². The van der Waals surface area contributed by atoms with Gasteiger partial charge in [-0.2, -0.15) is 0 Å². The first-order valence-corrected chi connectivity index (χ1v) is 18.1. The number of carbonyl (C=O) groups excluding carboxylic acids is 3. The molecule has 5 bridgehead atoms. The first kappa shape index (κ1) is 42.6. The maximum absolute atomic E-state index is 14.2. The lowest BCUT2D eigenvalue weighted by atomic mass is 9.78. The number of nitrogens with one attached hydrogen (secondary N) is 1. The first-order valence-electron chi connectivity index (χ1n) is 18.1. The molecule has 3 aliphatic heterocycles. The third kappa shape index (κ3) is 8.28. The number of oxime groups is 1. The Hall–Kier alpha value is -5.12. The maximum Gasteiger partial charge on any atom is 0.312 e. The number of fused-ring (bicyclic) bond motifs is 14. The van der Waals surface area contributed by atoms with Crippen LogP contribution in [0.3, 0.4) is 0 Å². The predicted octanol–water partition coefficient (Wildman–Crippen LogP) is 5.12. The van der Waals surface area contributed by atoms with Gasteiger partial charge in [-0.25, -0.2) is 0 Å². The second kappa shape index (κ2) is 17.1. The number of carbonyl (C=O) groups is 3. The highest BCUT2D eigenvalue weighted by Crippen LogP contribution is 2.55. The summed E-state index contributed by atoms with van der Waals surface area (Å²) in [6, 6.07) is 0. The molecule has 2 aromatic rings. The molecular weight excluding hydrogens is 716 g/mol. The number of ether oxygens (including phenoxy) is 4. The van der Waals surface area contributed by atoms with Gasteiger partial charge in [-0.15, -0.1) is 0 Å². The van der Waals surface area contributed by atoms with E-state index in [4.69, 9.17) is 23.8 Å². The van der Waals surface area contributed by atoms with Crippen molar-refractivity contribution >= 4 is 40.3 Å². The number of Topliss-reactive ketones (excluding diaryl/α,β-unsaturated/α-hetero) is 1.